The van der Waals surface area contributed by atoms with Crippen molar-refractivity contribution >= 4 is 11.8 Å². The van der Waals surface area contributed by atoms with E-state index in [2.05, 4.69) is 4.74 Å². The first-order chi connectivity index (χ1) is 7.66. The van der Waals surface area contributed by atoms with Crippen molar-refractivity contribution in [3.05, 3.63) is 0 Å². The van der Waals surface area contributed by atoms with Gasteiger partial charge < -0.3 is 9.53 Å². The van der Waals surface area contributed by atoms with Crippen molar-refractivity contribution in [2.75, 3.05) is 7.11 Å². The standard InChI is InChI=1S/C13H24O3/c1-12(14)10-8-6-4-3-5-7-9-11-13(15)16-2/h3-11H2,1-2H3. The number of hydrogen-bond donors (Lipinski definition) is 0. The molecule has 0 saturated heterocycles. The zero-order valence-corrected chi connectivity index (χ0v) is 10.6. The number of carbonyl (C=O) groups excluding carboxylic acids is 2. The van der Waals surface area contributed by atoms with E-state index in [0.717, 1.165) is 32.1 Å². The van der Waals surface area contributed by atoms with Gasteiger partial charge in [-0.2, -0.15) is 0 Å². The number of ketones is 1. The van der Waals surface area contributed by atoms with Crippen LogP contribution in [0.5, 0.6) is 0 Å². The second-order valence-corrected chi connectivity index (χ2v) is 4.25. The van der Waals surface area contributed by atoms with Crippen LogP contribution in [-0.4, -0.2) is 18.9 Å². The fourth-order valence-electron chi connectivity index (χ4n) is 1.63. The lowest BCUT2D eigenvalue weighted by molar-refractivity contribution is -0.140. The molecule has 0 aromatic rings. The molecule has 0 N–H and O–H groups in total. The highest BCUT2D eigenvalue weighted by molar-refractivity contribution is 5.75. The monoisotopic (exact) mass is 228 g/mol. The Morgan fingerprint density at radius 1 is 0.812 bits per heavy atom. The summed E-state index contributed by atoms with van der Waals surface area (Å²) in [6, 6.07) is 0. The summed E-state index contributed by atoms with van der Waals surface area (Å²) in [4.78, 5) is 21.5. The van der Waals surface area contributed by atoms with E-state index in [0.29, 0.717) is 6.42 Å². The summed E-state index contributed by atoms with van der Waals surface area (Å²) >= 11 is 0. The maximum absolute atomic E-state index is 10.8. The number of esters is 1. The minimum absolute atomic E-state index is 0.110. The van der Waals surface area contributed by atoms with E-state index in [1.165, 1.54) is 26.4 Å². The van der Waals surface area contributed by atoms with E-state index in [4.69, 9.17) is 0 Å². The van der Waals surface area contributed by atoms with E-state index in [9.17, 15) is 9.59 Å². The van der Waals surface area contributed by atoms with Crippen LogP contribution in [0.25, 0.3) is 0 Å². The molecule has 0 rings (SSSR count). The molecule has 0 aliphatic heterocycles. The molecule has 0 aromatic carbocycles. The van der Waals surface area contributed by atoms with Gasteiger partial charge in [0.2, 0.25) is 0 Å². The van der Waals surface area contributed by atoms with Crippen molar-refractivity contribution in [2.45, 2.75) is 64.7 Å². The molecule has 16 heavy (non-hydrogen) atoms. The van der Waals surface area contributed by atoms with Crippen LogP contribution in [0, 0.1) is 0 Å². The predicted octanol–water partition coefficient (Wildman–Crippen LogP) is 3.26. The molecular formula is C13H24O3. The molecule has 0 heterocycles. The highest BCUT2D eigenvalue weighted by Crippen LogP contribution is 2.10. The zero-order chi connectivity index (χ0) is 12.2. The van der Waals surface area contributed by atoms with Gasteiger partial charge >= 0.3 is 5.97 Å². The summed E-state index contributed by atoms with van der Waals surface area (Å²) in [5.74, 6) is 0.180. The fourth-order valence-corrected chi connectivity index (χ4v) is 1.63. The Morgan fingerprint density at radius 3 is 1.69 bits per heavy atom. The molecule has 0 radical (unpaired) electrons. The number of unbranched alkanes of at least 4 members (excludes halogenated alkanes) is 6. The zero-order valence-electron chi connectivity index (χ0n) is 10.6. The molecule has 94 valence electrons. The Kier molecular flexibility index (Phi) is 10.1. The Bertz CT molecular complexity index is 199. The minimum atomic E-state index is -0.110. The first kappa shape index (κ1) is 15.1. The van der Waals surface area contributed by atoms with Crippen LogP contribution in [0.4, 0.5) is 0 Å². The summed E-state index contributed by atoms with van der Waals surface area (Å²) in [6.45, 7) is 1.65. The van der Waals surface area contributed by atoms with Crippen molar-refractivity contribution < 1.29 is 14.3 Å². The largest absolute Gasteiger partial charge is 0.469 e. The number of hydrogen-bond acceptors (Lipinski definition) is 3. The van der Waals surface area contributed by atoms with Crippen molar-refractivity contribution in [3.63, 3.8) is 0 Å². The molecule has 0 aliphatic carbocycles. The summed E-state index contributed by atoms with van der Waals surface area (Å²) in [5, 5.41) is 0. The molecule has 3 nitrogen and oxygen atoms in total. The predicted molar refractivity (Wildman–Crippen MR) is 64.3 cm³/mol. The van der Waals surface area contributed by atoms with Gasteiger partial charge in [0.05, 0.1) is 7.11 Å². The van der Waals surface area contributed by atoms with Gasteiger partial charge in [0.25, 0.3) is 0 Å². The third-order valence-corrected chi connectivity index (χ3v) is 2.64. The molecule has 0 aliphatic rings. The van der Waals surface area contributed by atoms with Crippen molar-refractivity contribution in [1.82, 2.24) is 0 Å². The topological polar surface area (TPSA) is 43.4 Å². The Morgan fingerprint density at radius 2 is 1.25 bits per heavy atom. The molecule has 0 fully saturated rings. The lowest BCUT2D eigenvalue weighted by Crippen LogP contribution is -1.99. The molecule has 0 unspecified atom stereocenters. The molecule has 0 bridgehead atoms. The number of Topliss-reactive ketones (excluding diaryl/α,β-unsaturated/α-hetero) is 1. The summed E-state index contributed by atoms with van der Waals surface area (Å²) in [5.41, 5.74) is 0. The molecular weight excluding hydrogens is 204 g/mol. The van der Waals surface area contributed by atoms with Crippen molar-refractivity contribution in [2.24, 2.45) is 0 Å². The Hall–Kier alpha value is -0.860. The van der Waals surface area contributed by atoms with Crippen LogP contribution in [0.1, 0.15) is 64.7 Å². The Labute approximate surface area is 98.6 Å². The average molecular weight is 228 g/mol. The van der Waals surface area contributed by atoms with Gasteiger partial charge in [-0.1, -0.05) is 32.1 Å². The lowest BCUT2D eigenvalue weighted by atomic mass is 10.1. The van der Waals surface area contributed by atoms with E-state index >= 15 is 0 Å². The maximum Gasteiger partial charge on any atom is 0.305 e. The van der Waals surface area contributed by atoms with Gasteiger partial charge in [-0.3, -0.25) is 4.79 Å². The van der Waals surface area contributed by atoms with E-state index in [1.807, 2.05) is 0 Å². The van der Waals surface area contributed by atoms with Gasteiger partial charge in [-0.15, -0.1) is 0 Å². The molecule has 0 atom stereocenters. The second-order valence-electron chi connectivity index (χ2n) is 4.25. The molecule has 0 amide bonds. The normalized spacial score (nSPS) is 10.1. The quantitative estimate of drug-likeness (QED) is 0.426. The highest BCUT2D eigenvalue weighted by Gasteiger charge is 1.99. The van der Waals surface area contributed by atoms with Gasteiger partial charge in [-0.05, 0) is 19.8 Å². The number of methoxy groups -OCH3 is 1. The van der Waals surface area contributed by atoms with Gasteiger partial charge in [0, 0.05) is 12.8 Å². The summed E-state index contributed by atoms with van der Waals surface area (Å²) in [7, 11) is 1.43. The van der Waals surface area contributed by atoms with Crippen LogP contribution in [0.15, 0.2) is 0 Å². The van der Waals surface area contributed by atoms with Gasteiger partial charge in [0.1, 0.15) is 5.78 Å². The molecule has 0 aromatic heterocycles. The van der Waals surface area contributed by atoms with Gasteiger partial charge in [-0.25, -0.2) is 0 Å². The van der Waals surface area contributed by atoms with Crippen LogP contribution >= 0.6 is 0 Å². The fraction of sp³-hybridized carbons (Fsp3) is 0.846. The average Bonchev–Trinajstić information content (AvgIpc) is 2.26. The first-order valence-electron chi connectivity index (χ1n) is 6.23. The van der Waals surface area contributed by atoms with Gasteiger partial charge in [0.15, 0.2) is 0 Å². The third kappa shape index (κ3) is 11.2. The minimum Gasteiger partial charge on any atom is -0.469 e. The number of carbonyl (C=O) groups is 2. The molecule has 0 spiro atoms. The van der Waals surface area contributed by atoms with E-state index in [1.54, 1.807) is 6.92 Å². The van der Waals surface area contributed by atoms with Crippen LogP contribution in [0.2, 0.25) is 0 Å². The smallest absolute Gasteiger partial charge is 0.305 e. The van der Waals surface area contributed by atoms with Crippen LogP contribution in [-0.2, 0) is 14.3 Å². The number of rotatable bonds is 10. The van der Waals surface area contributed by atoms with E-state index < -0.39 is 0 Å². The van der Waals surface area contributed by atoms with Crippen LogP contribution in [0.3, 0.4) is 0 Å². The molecule has 0 saturated carbocycles. The Balaban J connectivity index is 3.04. The number of ether oxygens (including phenoxy) is 1. The van der Waals surface area contributed by atoms with Crippen molar-refractivity contribution in [1.29, 1.82) is 0 Å². The molecule has 3 heteroatoms. The summed E-state index contributed by atoms with van der Waals surface area (Å²) in [6.07, 6.45) is 9.06. The second kappa shape index (κ2) is 10.7. The summed E-state index contributed by atoms with van der Waals surface area (Å²) < 4.78 is 4.56. The third-order valence-electron chi connectivity index (χ3n) is 2.64. The van der Waals surface area contributed by atoms with Crippen molar-refractivity contribution in [3.8, 4) is 0 Å². The maximum atomic E-state index is 10.8. The SMILES string of the molecule is COC(=O)CCCCCCCCCC(C)=O. The highest BCUT2D eigenvalue weighted by atomic mass is 16.5. The van der Waals surface area contributed by atoms with E-state index in [-0.39, 0.29) is 11.8 Å². The lowest BCUT2D eigenvalue weighted by Gasteiger charge is -2.01. The first-order valence-corrected chi connectivity index (χ1v) is 6.23. The van der Waals surface area contributed by atoms with Crippen LogP contribution < -0.4 is 0 Å².